The van der Waals surface area contributed by atoms with E-state index in [0.717, 1.165) is 38.8 Å². The molecule has 0 aliphatic carbocycles. The Bertz CT molecular complexity index is 207. The van der Waals surface area contributed by atoms with Gasteiger partial charge in [-0.1, -0.05) is 12.2 Å². The van der Waals surface area contributed by atoms with Gasteiger partial charge in [-0.15, -0.1) is 0 Å². The van der Waals surface area contributed by atoms with Crippen LogP contribution in [0.2, 0.25) is 0 Å². The molecular formula is C11H19NO2. The van der Waals surface area contributed by atoms with E-state index in [2.05, 4.69) is 11.9 Å². The van der Waals surface area contributed by atoms with Gasteiger partial charge in [0.2, 0.25) is 0 Å². The molecule has 0 aromatic carbocycles. The monoisotopic (exact) mass is 197 g/mol. The zero-order valence-corrected chi connectivity index (χ0v) is 8.59. The maximum atomic E-state index is 10.3. The molecule has 0 spiro atoms. The van der Waals surface area contributed by atoms with Crippen LogP contribution in [0.3, 0.4) is 0 Å². The van der Waals surface area contributed by atoms with Gasteiger partial charge in [0.05, 0.1) is 0 Å². The van der Waals surface area contributed by atoms with Gasteiger partial charge in [0, 0.05) is 6.42 Å². The Kier molecular flexibility index (Phi) is 4.66. The lowest BCUT2D eigenvalue weighted by molar-refractivity contribution is -0.137. The fraction of sp³-hybridized carbons (Fsp3) is 0.727. The van der Waals surface area contributed by atoms with Crippen molar-refractivity contribution in [1.82, 2.24) is 5.32 Å². The van der Waals surface area contributed by atoms with Crippen LogP contribution in [0.5, 0.6) is 0 Å². The first-order chi connectivity index (χ1) is 6.70. The number of rotatable bonds is 5. The smallest absolute Gasteiger partial charge is 0.303 e. The fourth-order valence-electron chi connectivity index (χ4n) is 1.90. The summed E-state index contributed by atoms with van der Waals surface area (Å²) in [7, 11) is 0. The van der Waals surface area contributed by atoms with Gasteiger partial charge in [-0.2, -0.15) is 0 Å². The Morgan fingerprint density at radius 2 is 2.00 bits per heavy atom. The van der Waals surface area contributed by atoms with E-state index in [0.29, 0.717) is 5.92 Å². The highest BCUT2D eigenvalue weighted by Gasteiger charge is 2.15. The third kappa shape index (κ3) is 3.92. The van der Waals surface area contributed by atoms with Crippen molar-refractivity contribution in [3.05, 3.63) is 12.2 Å². The summed E-state index contributed by atoms with van der Waals surface area (Å²) in [6.07, 6.45) is 4.19. The number of carboxylic acid groups (broad SMARTS) is 1. The molecule has 0 bridgehead atoms. The topological polar surface area (TPSA) is 49.3 Å². The molecule has 0 aromatic heterocycles. The highest BCUT2D eigenvalue weighted by molar-refractivity contribution is 5.66. The number of hydrogen-bond donors (Lipinski definition) is 2. The summed E-state index contributed by atoms with van der Waals surface area (Å²) >= 11 is 0. The van der Waals surface area contributed by atoms with E-state index < -0.39 is 5.97 Å². The first kappa shape index (κ1) is 11.2. The van der Waals surface area contributed by atoms with Gasteiger partial charge in [-0.3, -0.25) is 4.79 Å². The van der Waals surface area contributed by atoms with Crippen LogP contribution in [0.15, 0.2) is 12.2 Å². The molecule has 3 nitrogen and oxygen atoms in total. The maximum Gasteiger partial charge on any atom is 0.303 e. The summed E-state index contributed by atoms with van der Waals surface area (Å²) < 4.78 is 0. The molecule has 0 atom stereocenters. The predicted octanol–water partition coefficient (Wildman–Crippen LogP) is 1.80. The van der Waals surface area contributed by atoms with Crippen molar-refractivity contribution in [2.75, 3.05) is 13.1 Å². The van der Waals surface area contributed by atoms with Gasteiger partial charge in [0.15, 0.2) is 0 Å². The van der Waals surface area contributed by atoms with Crippen LogP contribution < -0.4 is 5.32 Å². The molecule has 0 amide bonds. The number of piperidine rings is 1. The second-order valence-corrected chi connectivity index (χ2v) is 3.93. The highest BCUT2D eigenvalue weighted by Crippen LogP contribution is 2.23. The molecule has 0 radical (unpaired) electrons. The minimum absolute atomic E-state index is 0.268. The van der Waals surface area contributed by atoms with E-state index in [4.69, 9.17) is 5.11 Å². The molecule has 0 unspecified atom stereocenters. The third-order valence-corrected chi connectivity index (χ3v) is 2.81. The summed E-state index contributed by atoms with van der Waals surface area (Å²) in [5.41, 5.74) is 1.24. The van der Waals surface area contributed by atoms with E-state index >= 15 is 0 Å². The highest BCUT2D eigenvalue weighted by atomic mass is 16.4. The minimum Gasteiger partial charge on any atom is -0.481 e. The van der Waals surface area contributed by atoms with Crippen molar-refractivity contribution in [3.8, 4) is 0 Å². The van der Waals surface area contributed by atoms with Crippen molar-refractivity contribution in [2.24, 2.45) is 5.92 Å². The van der Waals surface area contributed by atoms with Crippen LogP contribution in [-0.4, -0.2) is 24.2 Å². The van der Waals surface area contributed by atoms with Gasteiger partial charge in [-0.05, 0) is 44.7 Å². The second kappa shape index (κ2) is 5.81. The van der Waals surface area contributed by atoms with Gasteiger partial charge in [-0.25, -0.2) is 0 Å². The van der Waals surface area contributed by atoms with Crippen LogP contribution in [0.4, 0.5) is 0 Å². The molecular weight excluding hydrogens is 178 g/mol. The van der Waals surface area contributed by atoms with Crippen molar-refractivity contribution < 1.29 is 9.90 Å². The maximum absolute atomic E-state index is 10.3. The average molecular weight is 197 g/mol. The molecule has 1 fully saturated rings. The Labute approximate surface area is 85.2 Å². The SMILES string of the molecule is C=C(CCCC(=O)O)C1CCNCC1. The number of nitrogens with one attached hydrogen (secondary N) is 1. The van der Waals surface area contributed by atoms with Crippen molar-refractivity contribution >= 4 is 5.97 Å². The molecule has 80 valence electrons. The summed E-state index contributed by atoms with van der Waals surface area (Å²) in [4.78, 5) is 10.3. The molecule has 14 heavy (non-hydrogen) atoms. The number of carbonyl (C=O) groups is 1. The lowest BCUT2D eigenvalue weighted by Gasteiger charge is -2.24. The van der Waals surface area contributed by atoms with Crippen LogP contribution in [0, 0.1) is 5.92 Å². The summed E-state index contributed by atoms with van der Waals surface area (Å²) in [6.45, 7) is 6.20. The number of hydrogen-bond acceptors (Lipinski definition) is 2. The molecule has 0 aromatic rings. The van der Waals surface area contributed by atoms with E-state index in [1.165, 1.54) is 5.57 Å². The van der Waals surface area contributed by atoms with Crippen molar-refractivity contribution in [1.29, 1.82) is 0 Å². The Morgan fingerprint density at radius 1 is 1.36 bits per heavy atom. The normalized spacial score (nSPS) is 18.0. The summed E-state index contributed by atoms with van der Waals surface area (Å²) in [5, 5.41) is 11.8. The molecule has 1 rings (SSSR count). The largest absolute Gasteiger partial charge is 0.481 e. The summed E-state index contributed by atoms with van der Waals surface area (Å²) in [5.74, 6) is -0.0897. The molecule has 1 aliphatic rings. The van der Waals surface area contributed by atoms with E-state index in [1.807, 2.05) is 0 Å². The van der Waals surface area contributed by atoms with Crippen molar-refractivity contribution in [3.63, 3.8) is 0 Å². The van der Waals surface area contributed by atoms with Gasteiger partial charge >= 0.3 is 5.97 Å². The average Bonchev–Trinajstić information content (AvgIpc) is 2.18. The Morgan fingerprint density at radius 3 is 2.57 bits per heavy atom. The van der Waals surface area contributed by atoms with Crippen LogP contribution >= 0.6 is 0 Å². The second-order valence-electron chi connectivity index (χ2n) is 3.93. The third-order valence-electron chi connectivity index (χ3n) is 2.81. The van der Waals surface area contributed by atoms with Gasteiger partial charge in [0.1, 0.15) is 0 Å². The lowest BCUT2D eigenvalue weighted by atomic mass is 9.88. The van der Waals surface area contributed by atoms with E-state index in [1.54, 1.807) is 0 Å². The van der Waals surface area contributed by atoms with Crippen LogP contribution in [0.25, 0.3) is 0 Å². The molecule has 1 heterocycles. The lowest BCUT2D eigenvalue weighted by Crippen LogP contribution is -2.28. The standard InChI is InChI=1S/C11H19NO2/c1-9(3-2-4-11(13)14)10-5-7-12-8-6-10/h10,12H,1-8H2,(H,13,14). The van der Waals surface area contributed by atoms with Gasteiger partial charge in [0.25, 0.3) is 0 Å². The first-order valence-electron chi connectivity index (χ1n) is 5.30. The molecule has 1 saturated heterocycles. The molecule has 2 N–H and O–H groups in total. The summed E-state index contributed by atoms with van der Waals surface area (Å²) in [6, 6.07) is 0. The molecule has 3 heteroatoms. The zero-order chi connectivity index (χ0) is 10.4. The predicted molar refractivity (Wildman–Crippen MR) is 56.2 cm³/mol. The van der Waals surface area contributed by atoms with Crippen LogP contribution in [0.1, 0.15) is 32.1 Å². The fourth-order valence-corrected chi connectivity index (χ4v) is 1.90. The van der Waals surface area contributed by atoms with Crippen LogP contribution in [-0.2, 0) is 4.79 Å². The number of aliphatic carboxylic acids is 1. The minimum atomic E-state index is -0.705. The first-order valence-corrected chi connectivity index (χ1v) is 5.30. The number of carboxylic acids is 1. The van der Waals surface area contributed by atoms with Gasteiger partial charge < -0.3 is 10.4 Å². The quantitative estimate of drug-likeness (QED) is 0.661. The van der Waals surface area contributed by atoms with Crippen molar-refractivity contribution in [2.45, 2.75) is 32.1 Å². The number of allylic oxidation sites excluding steroid dienone is 1. The zero-order valence-electron chi connectivity index (χ0n) is 8.59. The molecule has 0 saturated carbocycles. The Balaban J connectivity index is 2.16. The van der Waals surface area contributed by atoms with E-state index in [9.17, 15) is 4.79 Å². The Hall–Kier alpha value is -0.830. The van der Waals surface area contributed by atoms with E-state index in [-0.39, 0.29) is 6.42 Å². The molecule has 1 aliphatic heterocycles.